The number of anilines is 2. The highest BCUT2D eigenvalue weighted by molar-refractivity contribution is 7.92. The summed E-state index contributed by atoms with van der Waals surface area (Å²) < 4.78 is 27.3. The number of hydrogen-bond acceptors (Lipinski definition) is 4. The molecule has 0 saturated carbocycles. The van der Waals surface area contributed by atoms with Crippen LogP contribution in [0.2, 0.25) is 10.0 Å². The third kappa shape index (κ3) is 5.60. The number of carbonyl (C=O) groups excluding carboxylic acids is 1. The van der Waals surface area contributed by atoms with Gasteiger partial charge in [-0.15, -0.1) is 0 Å². The molecule has 2 aromatic carbocycles. The molecule has 0 saturated heterocycles. The van der Waals surface area contributed by atoms with Gasteiger partial charge in [-0.2, -0.15) is 0 Å². The van der Waals surface area contributed by atoms with Crippen LogP contribution >= 0.6 is 23.2 Å². The zero-order valence-electron chi connectivity index (χ0n) is 14.9. The van der Waals surface area contributed by atoms with Crippen molar-refractivity contribution in [1.82, 2.24) is 10.3 Å². The summed E-state index contributed by atoms with van der Waals surface area (Å²) in [7, 11) is -3.83. The van der Waals surface area contributed by atoms with E-state index in [2.05, 4.69) is 20.3 Å². The van der Waals surface area contributed by atoms with Crippen molar-refractivity contribution in [3.63, 3.8) is 0 Å². The Kier molecular flexibility index (Phi) is 6.58. The molecule has 2 amide bonds. The minimum atomic E-state index is -3.83. The maximum Gasteiger partial charge on any atom is 0.319 e. The SMILES string of the molecule is O=C(NCc1cccnc1)Nc1cc(Cl)c(NS(=O)(=O)c2ccccc2)cc1Cl. The van der Waals surface area contributed by atoms with Gasteiger partial charge in [0.25, 0.3) is 10.0 Å². The number of urea groups is 1. The highest BCUT2D eigenvalue weighted by Crippen LogP contribution is 2.33. The van der Waals surface area contributed by atoms with Crippen molar-refractivity contribution in [2.75, 3.05) is 10.0 Å². The number of carbonyl (C=O) groups is 1. The highest BCUT2D eigenvalue weighted by atomic mass is 35.5. The van der Waals surface area contributed by atoms with Crippen molar-refractivity contribution in [3.05, 3.63) is 82.6 Å². The summed E-state index contributed by atoms with van der Waals surface area (Å²) in [6, 6.07) is 13.6. The molecule has 29 heavy (non-hydrogen) atoms. The summed E-state index contributed by atoms with van der Waals surface area (Å²) >= 11 is 12.4. The van der Waals surface area contributed by atoms with Crippen LogP contribution in [0.15, 0.2) is 71.9 Å². The van der Waals surface area contributed by atoms with E-state index in [1.807, 2.05) is 6.07 Å². The number of pyridine rings is 1. The predicted molar refractivity (Wildman–Crippen MR) is 114 cm³/mol. The van der Waals surface area contributed by atoms with Crippen LogP contribution in [-0.2, 0) is 16.6 Å². The van der Waals surface area contributed by atoms with Crippen molar-refractivity contribution >= 4 is 50.6 Å². The molecule has 150 valence electrons. The summed E-state index contributed by atoms with van der Waals surface area (Å²) in [6.45, 7) is 0.278. The first-order chi connectivity index (χ1) is 13.8. The Morgan fingerprint density at radius 3 is 2.34 bits per heavy atom. The van der Waals surface area contributed by atoms with Crippen molar-refractivity contribution in [2.24, 2.45) is 0 Å². The Morgan fingerprint density at radius 2 is 1.66 bits per heavy atom. The fraction of sp³-hybridized carbons (Fsp3) is 0.0526. The van der Waals surface area contributed by atoms with Gasteiger partial charge >= 0.3 is 6.03 Å². The van der Waals surface area contributed by atoms with E-state index in [1.54, 1.807) is 36.7 Å². The van der Waals surface area contributed by atoms with Gasteiger partial charge in [-0.3, -0.25) is 9.71 Å². The molecule has 0 atom stereocenters. The van der Waals surface area contributed by atoms with E-state index >= 15 is 0 Å². The summed E-state index contributed by atoms with van der Waals surface area (Å²) in [5.74, 6) is 0. The lowest BCUT2D eigenvalue weighted by Crippen LogP contribution is -2.28. The van der Waals surface area contributed by atoms with Crippen LogP contribution in [0.1, 0.15) is 5.56 Å². The van der Waals surface area contributed by atoms with Crippen LogP contribution < -0.4 is 15.4 Å². The maximum atomic E-state index is 12.5. The molecular weight excluding hydrogens is 435 g/mol. The second-order valence-electron chi connectivity index (χ2n) is 5.90. The average molecular weight is 451 g/mol. The molecule has 0 aliphatic heterocycles. The molecule has 0 radical (unpaired) electrons. The van der Waals surface area contributed by atoms with Gasteiger partial charge in [0, 0.05) is 18.9 Å². The first kappa shape index (κ1) is 20.9. The number of halogens is 2. The second-order valence-corrected chi connectivity index (χ2v) is 8.40. The number of sulfonamides is 1. The molecule has 1 heterocycles. The monoisotopic (exact) mass is 450 g/mol. The van der Waals surface area contributed by atoms with Crippen molar-refractivity contribution in [3.8, 4) is 0 Å². The Balaban J connectivity index is 1.70. The molecule has 7 nitrogen and oxygen atoms in total. The standard InChI is InChI=1S/C19H16Cl2N4O3S/c20-15-10-18(25-29(27,28)14-6-2-1-3-7-14)16(21)9-17(15)24-19(26)23-12-13-5-4-8-22-11-13/h1-11,25H,12H2,(H2,23,24,26). The summed E-state index contributed by atoms with van der Waals surface area (Å²) in [4.78, 5) is 16.1. The minimum Gasteiger partial charge on any atom is -0.334 e. The summed E-state index contributed by atoms with van der Waals surface area (Å²) in [6.07, 6.45) is 3.27. The Bertz CT molecular complexity index is 1110. The number of nitrogens with zero attached hydrogens (tertiary/aromatic N) is 1. The van der Waals surface area contributed by atoms with E-state index in [-0.39, 0.29) is 32.9 Å². The second kappa shape index (κ2) is 9.13. The van der Waals surface area contributed by atoms with E-state index < -0.39 is 16.1 Å². The van der Waals surface area contributed by atoms with Gasteiger partial charge in [-0.25, -0.2) is 13.2 Å². The van der Waals surface area contributed by atoms with Gasteiger partial charge in [-0.05, 0) is 35.9 Å². The zero-order valence-corrected chi connectivity index (χ0v) is 17.2. The van der Waals surface area contributed by atoms with Gasteiger partial charge in [0.15, 0.2) is 0 Å². The Labute approximate surface area is 178 Å². The molecule has 0 aliphatic rings. The molecular formula is C19H16Cl2N4O3S. The Morgan fingerprint density at radius 1 is 0.966 bits per heavy atom. The Hall–Kier alpha value is -2.81. The third-order valence-electron chi connectivity index (χ3n) is 3.78. The maximum absolute atomic E-state index is 12.5. The molecule has 0 unspecified atom stereocenters. The fourth-order valence-electron chi connectivity index (χ4n) is 2.38. The first-order valence-electron chi connectivity index (χ1n) is 8.36. The number of amides is 2. The molecule has 1 aromatic heterocycles. The summed E-state index contributed by atoms with van der Waals surface area (Å²) in [5.41, 5.74) is 1.17. The quantitative estimate of drug-likeness (QED) is 0.514. The van der Waals surface area contributed by atoms with E-state index in [1.165, 1.54) is 24.3 Å². The van der Waals surface area contributed by atoms with Crippen LogP contribution in [0, 0.1) is 0 Å². The van der Waals surface area contributed by atoms with Gasteiger partial charge < -0.3 is 10.6 Å². The van der Waals surface area contributed by atoms with Crippen LogP contribution in [0.4, 0.5) is 16.2 Å². The predicted octanol–water partition coefficient (Wildman–Crippen LogP) is 4.51. The largest absolute Gasteiger partial charge is 0.334 e. The van der Waals surface area contributed by atoms with Crippen molar-refractivity contribution < 1.29 is 13.2 Å². The molecule has 0 bridgehead atoms. The lowest BCUT2D eigenvalue weighted by Gasteiger charge is -2.14. The van der Waals surface area contributed by atoms with Crippen LogP contribution in [0.3, 0.4) is 0 Å². The molecule has 10 heteroatoms. The van der Waals surface area contributed by atoms with Gasteiger partial charge in [0.2, 0.25) is 0 Å². The lowest BCUT2D eigenvalue weighted by molar-refractivity contribution is 0.251. The van der Waals surface area contributed by atoms with Crippen LogP contribution in [0.25, 0.3) is 0 Å². The van der Waals surface area contributed by atoms with E-state index in [0.717, 1.165) is 5.56 Å². The zero-order chi connectivity index (χ0) is 20.9. The van der Waals surface area contributed by atoms with E-state index in [4.69, 9.17) is 23.2 Å². The van der Waals surface area contributed by atoms with Gasteiger partial charge in [-0.1, -0.05) is 47.5 Å². The van der Waals surface area contributed by atoms with Gasteiger partial charge in [0.1, 0.15) is 0 Å². The van der Waals surface area contributed by atoms with Crippen LogP contribution in [0.5, 0.6) is 0 Å². The number of rotatable bonds is 6. The highest BCUT2D eigenvalue weighted by Gasteiger charge is 2.17. The molecule has 3 N–H and O–H groups in total. The van der Waals surface area contributed by atoms with Crippen LogP contribution in [-0.4, -0.2) is 19.4 Å². The van der Waals surface area contributed by atoms with Crippen molar-refractivity contribution in [1.29, 1.82) is 0 Å². The molecule has 0 fully saturated rings. The average Bonchev–Trinajstić information content (AvgIpc) is 2.71. The molecule has 0 spiro atoms. The number of hydrogen-bond donors (Lipinski definition) is 3. The van der Waals surface area contributed by atoms with Gasteiger partial charge in [0.05, 0.1) is 26.3 Å². The molecule has 3 rings (SSSR count). The molecule has 3 aromatic rings. The molecule has 0 aliphatic carbocycles. The number of benzene rings is 2. The summed E-state index contributed by atoms with van der Waals surface area (Å²) in [5, 5.41) is 5.45. The number of aromatic nitrogens is 1. The normalized spacial score (nSPS) is 11.0. The fourth-order valence-corrected chi connectivity index (χ4v) is 3.95. The number of nitrogens with one attached hydrogen (secondary N) is 3. The third-order valence-corrected chi connectivity index (χ3v) is 5.79. The van der Waals surface area contributed by atoms with E-state index in [0.29, 0.717) is 0 Å². The lowest BCUT2D eigenvalue weighted by atomic mass is 10.3. The smallest absolute Gasteiger partial charge is 0.319 e. The van der Waals surface area contributed by atoms with Crippen molar-refractivity contribution in [2.45, 2.75) is 11.4 Å². The topological polar surface area (TPSA) is 100 Å². The minimum absolute atomic E-state index is 0.0801. The van der Waals surface area contributed by atoms with E-state index in [9.17, 15) is 13.2 Å². The first-order valence-corrected chi connectivity index (χ1v) is 10.6.